The highest BCUT2D eigenvalue weighted by Crippen LogP contribution is 2.39. The van der Waals surface area contributed by atoms with Crippen molar-refractivity contribution in [1.29, 1.82) is 0 Å². The maximum atomic E-state index is 4.90. The molecule has 2 aliphatic heterocycles. The minimum atomic E-state index is 0.663. The quantitative estimate of drug-likeness (QED) is 0.739. The van der Waals surface area contributed by atoms with Crippen LogP contribution in [-0.4, -0.2) is 15.3 Å². The van der Waals surface area contributed by atoms with Crippen molar-refractivity contribution >= 4 is 11.8 Å². The molecular formula is C13H20N2S. The number of thioether (sulfide) groups is 1. The van der Waals surface area contributed by atoms with Crippen molar-refractivity contribution in [2.75, 3.05) is 5.75 Å². The monoisotopic (exact) mass is 236 g/mol. The van der Waals surface area contributed by atoms with Gasteiger partial charge in [0.25, 0.3) is 0 Å². The van der Waals surface area contributed by atoms with Gasteiger partial charge in [0.05, 0.1) is 5.69 Å². The lowest BCUT2D eigenvalue weighted by Gasteiger charge is -2.19. The lowest BCUT2D eigenvalue weighted by atomic mass is 10.0. The van der Waals surface area contributed by atoms with Crippen LogP contribution in [0.2, 0.25) is 0 Å². The van der Waals surface area contributed by atoms with E-state index >= 15 is 0 Å². The van der Waals surface area contributed by atoms with Gasteiger partial charge >= 0.3 is 0 Å². The van der Waals surface area contributed by atoms with E-state index in [1.54, 1.807) is 0 Å². The molecule has 0 N–H and O–H groups in total. The van der Waals surface area contributed by atoms with E-state index in [9.17, 15) is 0 Å². The van der Waals surface area contributed by atoms with Crippen LogP contribution >= 0.6 is 11.8 Å². The number of aryl methyl sites for hydroxylation is 1. The van der Waals surface area contributed by atoms with Crippen molar-refractivity contribution in [2.24, 2.45) is 0 Å². The Bertz CT molecular complexity index is 366. The molecule has 1 fully saturated rings. The van der Waals surface area contributed by atoms with Crippen LogP contribution in [0.3, 0.4) is 0 Å². The first-order valence-electron chi connectivity index (χ1n) is 6.53. The number of hydrogen-bond acceptors (Lipinski definition) is 2. The Hall–Kier alpha value is -0.440. The van der Waals surface area contributed by atoms with E-state index in [4.69, 9.17) is 4.98 Å². The van der Waals surface area contributed by atoms with Gasteiger partial charge in [-0.15, -0.1) is 0 Å². The minimum absolute atomic E-state index is 0.663. The first-order chi connectivity index (χ1) is 7.84. The van der Waals surface area contributed by atoms with E-state index in [2.05, 4.69) is 29.4 Å². The number of rotatable bonds is 1. The summed E-state index contributed by atoms with van der Waals surface area (Å²) < 4.78 is 2.40. The fraction of sp³-hybridized carbons (Fsp3) is 0.769. The van der Waals surface area contributed by atoms with Crippen molar-refractivity contribution < 1.29 is 0 Å². The zero-order valence-electron chi connectivity index (χ0n) is 9.98. The molecule has 0 aliphatic carbocycles. The zero-order valence-corrected chi connectivity index (χ0v) is 10.8. The summed E-state index contributed by atoms with van der Waals surface area (Å²) in [5, 5.41) is 0.680. The molecule has 88 valence electrons. The van der Waals surface area contributed by atoms with E-state index in [0.29, 0.717) is 11.2 Å². The third-order valence-electron chi connectivity index (χ3n) is 3.81. The lowest BCUT2D eigenvalue weighted by molar-refractivity contribution is 0.463. The highest BCUT2D eigenvalue weighted by molar-refractivity contribution is 7.99. The fourth-order valence-corrected chi connectivity index (χ4v) is 4.12. The molecule has 0 radical (unpaired) electrons. The highest BCUT2D eigenvalue weighted by atomic mass is 32.2. The Labute approximate surface area is 102 Å². The molecule has 0 saturated carbocycles. The van der Waals surface area contributed by atoms with E-state index < -0.39 is 0 Å². The fourth-order valence-electron chi connectivity index (χ4n) is 2.85. The smallest absolute Gasteiger partial charge is 0.111 e. The minimum Gasteiger partial charge on any atom is -0.334 e. The number of nitrogens with zero attached hydrogens (tertiary/aromatic N) is 2. The van der Waals surface area contributed by atoms with Crippen LogP contribution in [0.1, 0.15) is 61.7 Å². The Morgan fingerprint density at radius 3 is 3.00 bits per heavy atom. The number of hydrogen-bond donors (Lipinski definition) is 0. The summed E-state index contributed by atoms with van der Waals surface area (Å²) in [7, 11) is 0. The number of fused-ring (bicyclic) bond motifs is 1. The molecule has 2 aliphatic rings. The molecule has 2 unspecified atom stereocenters. The van der Waals surface area contributed by atoms with Crippen LogP contribution in [0.5, 0.6) is 0 Å². The maximum absolute atomic E-state index is 4.90. The van der Waals surface area contributed by atoms with Crippen LogP contribution in [0.4, 0.5) is 0 Å². The van der Waals surface area contributed by atoms with Crippen molar-refractivity contribution in [3.63, 3.8) is 0 Å². The SMILES string of the molecule is CC1CCCn2cc(C3CCCCS3)nc21. The number of aromatic nitrogens is 2. The predicted octanol–water partition coefficient (Wildman–Crippen LogP) is 3.74. The Balaban J connectivity index is 1.85. The van der Waals surface area contributed by atoms with Gasteiger partial charge in [0.2, 0.25) is 0 Å². The zero-order chi connectivity index (χ0) is 11.0. The molecule has 1 aromatic rings. The molecule has 0 aromatic carbocycles. The average Bonchev–Trinajstić information content (AvgIpc) is 2.76. The standard InChI is InChI=1S/C13H20N2S/c1-10-5-4-7-15-9-11(14-13(10)15)12-6-2-3-8-16-12/h9-10,12H,2-8H2,1H3. The van der Waals surface area contributed by atoms with E-state index in [-0.39, 0.29) is 0 Å². The first kappa shape index (κ1) is 10.7. The van der Waals surface area contributed by atoms with Gasteiger partial charge in [-0.25, -0.2) is 4.98 Å². The molecule has 3 rings (SSSR count). The van der Waals surface area contributed by atoms with Gasteiger partial charge in [-0.2, -0.15) is 11.8 Å². The van der Waals surface area contributed by atoms with Crippen LogP contribution in [0.15, 0.2) is 6.20 Å². The van der Waals surface area contributed by atoms with Crippen molar-refractivity contribution in [3.8, 4) is 0 Å². The van der Waals surface area contributed by atoms with Crippen LogP contribution in [-0.2, 0) is 6.54 Å². The Morgan fingerprint density at radius 1 is 1.31 bits per heavy atom. The normalized spacial score (nSPS) is 30.1. The van der Waals surface area contributed by atoms with E-state index in [0.717, 1.165) is 0 Å². The Morgan fingerprint density at radius 2 is 2.25 bits per heavy atom. The van der Waals surface area contributed by atoms with Gasteiger partial charge in [0, 0.05) is 23.9 Å². The second-order valence-electron chi connectivity index (χ2n) is 5.12. The molecule has 0 spiro atoms. The second kappa shape index (κ2) is 4.44. The highest BCUT2D eigenvalue weighted by Gasteiger charge is 2.24. The van der Waals surface area contributed by atoms with Gasteiger partial charge < -0.3 is 4.57 Å². The molecule has 2 nitrogen and oxygen atoms in total. The average molecular weight is 236 g/mol. The molecule has 3 heterocycles. The third-order valence-corrected chi connectivity index (χ3v) is 5.22. The summed E-state index contributed by atoms with van der Waals surface area (Å²) in [4.78, 5) is 4.90. The topological polar surface area (TPSA) is 17.8 Å². The maximum Gasteiger partial charge on any atom is 0.111 e. The van der Waals surface area contributed by atoms with Crippen molar-refractivity contribution in [1.82, 2.24) is 9.55 Å². The van der Waals surface area contributed by atoms with Crippen LogP contribution in [0.25, 0.3) is 0 Å². The molecule has 2 atom stereocenters. The first-order valence-corrected chi connectivity index (χ1v) is 7.58. The molecule has 1 saturated heterocycles. The van der Waals surface area contributed by atoms with E-state index in [1.165, 1.54) is 55.9 Å². The van der Waals surface area contributed by atoms with Gasteiger partial charge in [0.1, 0.15) is 5.82 Å². The molecular weight excluding hydrogens is 216 g/mol. The van der Waals surface area contributed by atoms with Gasteiger partial charge in [-0.05, 0) is 31.4 Å². The van der Waals surface area contributed by atoms with Gasteiger partial charge in [0.15, 0.2) is 0 Å². The molecule has 16 heavy (non-hydrogen) atoms. The Kier molecular flexibility index (Phi) is 2.97. The van der Waals surface area contributed by atoms with Crippen LogP contribution < -0.4 is 0 Å². The summed E-state index contributed by atoms with van der Waals surface area (Å²) in [6.07, 6.45) is 9.07. The predicted molar refractivity (Wildman–Crippen MR) is 68.9 cm³/mol. The summed E-state index contributed by atoms with van der Waals surface area (Å²) in [5.74, 6) is 3.33. The van der Waals surface area contributed by atoms with Crippen molar-refractivity contribution in [3.05, 3.63) is 17.7 Å². The molecule has 1 aromatic heterocycles. The molecule has 3 heteroatoms. The lowest BCUT2D eigenvalue weighted by Crippen LogP contribution is -2.12. The van der Waals surface area contributed by atoms with Crippen LogP contribution in [0, 0.1) is 0 Å². The largest absolute Gasteiger partial charge is 0.334 e. The molecule has 0 bridgehead atoms. The summed E-state index contributed by atoms with van der Waals surface area (Å²) in [6.45, 7) is 3.50. The second-order valence-corrected chi connectivity index (χ2v) is 6.43. The van der Waals surface area contributed by atoms with Gasteiger partial charge in [-0.3, -0.25) is 0 Å². The van der Waals surface area contributed by atoms with E-state index in [1.807, 2.05) is 0 Å². The van der Waals surface area contributed by atoms with Crippen molar-refractivity contribution in [2.45, 2.75) is 56.7 Å². The summed E-state index contributed by atoms with van der Waals surface area (Å²) in [6, 6.07) is 0. The third kappa shape index (κ3) is 1.90. The van der Waals surface area contributed by atoms with Gasteiger partial charge in [-0.1, -0.05) is 13.3 Å². The summed E-state index contributed by atoms with van der Waals surface area (Å²) >= 11 is 2.11. The summed E-state index contributed by atoms with van der Waals surface area (Å²) in [5.41, 5.74) is 1.36. The molecule has 0 amide bonds. The number of imidazole rings is 1.